The van der Waals surface area contributed by atoms with E-state index in [9.17, 15) is 24.0 Å². The van der Waals surface area contributed by atoms with Gasteiger partial charge in [0, 0.05) is 78.6 Å². The number of carbonyl (C=O) groups excluding carboxylic acids is 5. The molecule has 10 N–H and O–H groups in total. The van der Waals surface area contributed by atoms with Crippen molar-refractivity contribution >= 4 is 29.7 Å². The summed E-state index contributed by atoms with van der Waals surface area (Å²) in [6.45, 7) is 16.7. The summed E-state index contributed by atoms with van der Waals surface area (Å²) in [6.07, 6.45) is -0.501. The first-order valence-electron chi connectivity index (χ1n) is 20.4. The third-order valence-corrected chi connectivity index (χ3v) is 7.46. The Morgan fingerprint density at radius 1 is 0.508 bits per heavy atom. The molecular formula is C37H76N10O12. The lowest BCUT2D eigenvalue weighted by Crippen LogP contribution is -2.47. The molecule has 0 bridgehead atoms. The molecule has 0 fully saturated rings. The number of nitrogens with zero attached hydrogens (tertiary/aromatic N) is 2. The molecular weight excluding hydrogens is 776 g/mol. The van der Waals surface area contributed by atoms with Crippen molar-refractivity contribution in [2.75, 3.05) is 177 Å². The molecule has 22 nitrogen and oxygen atoms in total. The van der Waals surface area contributed by atoms with Gasteiger partial charge in [0.25, 0.3) is 0 Å². The van der Waals surface area contributed by atoms with Crippen LogP contribution in [0.2, 0.25) is 0 Å². The largest absolute Gasteiger partial charge is 0.444 e. The molecule has 0 atom stereocenters. The SMILES string of the molecule is CCOCCOCCNC(=O)CN(CCNCC(=O)NCCOCCOCCNC(=O)OC(C)(C)C)CCN(CCNCC(=O)NCCOCCOCCN)CC(N)=O. The van der Waals surface area contributed by atoms with Crippen molar-refractivity contribution in [1.82, 2.24) is 41.7 Å². The third kappa shape index (κ3) is 41.2. The van der Waals surface area contributed by atoms with Gasteiger partial charge < -0.3 is 76.5 Å². The smallest absolute Gasteiger partial charge is 0.407 e. The summed E-state index contributed by atoms with van der Waals surface area (Å²) in [4.78, 5) is 64.6. The van der Waals surface area contributed by atoms with Crippen LogP contribution in [0, 0.1) is 0 Å². The van der Waals surface area contributed by atoms with Crippen molar-refractivity contribution in [3.8, 4) is 0 Å². The zero-order valence-electron chi connectivity index (χ0n) is 36.0. The average Bonchev–Trinajstić information content (AvgIpc) is 3.17. The van der Waals surface area contributed by atoms with Crippen LogP contribution in [0.25, 0.3) is 0 Å². The summed E-state index contributed by atoms with van der Waals surface area (Å²) in [5.41, 5.74) is 10.3. The summed E-state index contributed by atoms with van der Waals surface area (Å²) < 4.78 is 37.4. The van der Waals surface area contributed by atoms with Crippen LogP contribution in [0.3, 0.4) is 0 Å². The minimum absolute atomic E-state index is 0.00181. The van der Waals surface area contributed by atoms with Gasteiger partial charge in [0.1, 0.15) is 5.60 Å². The van der Waals surface area contributed by atoms with E-state index in [0.717, 1.165) is 0 Å². The number of carbonyl (C=O) groups is 5. The molecule has 0 spiro atoms. The van der Waals surface area contributed by atoms with Crippen molar-refractivity contribution in [1.29, 1.82) is 0 Å². The highest BCUT2D eigenvalue weighted by atomic mass is 16.6. The summed E-state index contributed by atoms with van der Waals surface area (Å²) in [5.74, 6) is -1.09. The first kappa shape index (κ1) is 55.7. The number of rotatable bonds is 41. The Morgan fingerprint density at radius 2 is 0.915 bits per heavy atom. The first-order valence-corrected chi connectivity index (χ1v) is 20.4. The third-order valence-electron chi connectivity index (χ3n) is 7.46. The number of nitrogens with one attached hydrogen (secondary N) is 6. The number of amides is 5. The van der Waals surface area contributed by atoms with Gasteiger partial charge in [0.05, 0.1) is 98.9 Å². The van der Waals surface area contributed by atoms with Gasteiger partial charge in [-0.05, 0) is 27.7 Å². The zero-order valence-corrected chi connectivity index (χ0v) is 36.0. The fraction of sp³-hybridized carbons (Fsp3) is 0.865. The van der Waals surface area contributed by atoms with Gasteiger partial charge in [-0.3, -0.25) is 29.0 Å². The maximum absolute atomic E-state index is 12.8. The number of nitrogens with two attached hydrogens (primary N) is 2. The monoisotopic (exact) mass is 853 g/mol. The molecule has 0 heterocycles. The van der Waals surface area contributed by atoms with Crippen LogP contribution in [0.5, 0.6) is 0 Å². The Morgan fingerprint density at radius 3 is 1.34 bits per heavy atom. The van der Waals surface area contributed by atoms with E-state index in [2.05, 4.69) is 31.9 Å². The van der Waals surface area contributed by atoms with Gasteiger partial charge in [-0.2, -0.15) is 0 Å². The quantitative estimate of drug-likeness (QED) is 0.0274. The standard InChI is InChI=1S/C37H76N10O12/c1-5-53-22-23-55-20-11-44-35(51)31-47(14-8-41-29-34(50)43-10-19-57-26-27-58-21-12-45-36(52)59-37(2,3)4)16-15-46(30-32(39)48)13-7-40-28-33(49)42-9-18-56-25-24-54-17-6-38/h40-41H,5-31,38H2,1-4H3,(H2,39,48)(H,42,49)(H,43,50)(H,44,51)(H,45,52). The maximum atomic E-state index is 12.8. The molecule has 0 aliphatic heterocycles. The number of hydrogen-bond acceptors (Lipinski definition) is 17. The van der Waals surface area contributed by atoms with Gasteiger partial charge in [-0.15, -0.1) is 0 Å². The molecule has 0 aromatic rings. The van der Waals surface area contributed by atoms with Crippen molar-refractivity contribution in [3.63, 3.8) is 0 Å². The van der Waals surface area contributed by atoms with E-state index < -0.39 is 17.6 Å². The van der Waals surface area contributed by atoms with Gasteiger partial charge in [0.15, 0.2) is 0 Å². The Balaban J connectivity index is 4.60. The van der Waals surface area contributed by atoms with Gasteiger partial charge >= 0.3 is 6.09 Å². The summed E-state index contributed by atoms with van der Waals surface area (Å²) in [5, 5.41) is 17.2. The van der Waals surface area contributed by atoms with Crippen molar-refractivity contribution < 1.29 is 57.1 Å². The van der Waals surface area contributed by atoms with Crippen LogP contribution in [-0.2, 0) is 52.3 Å². The fourth-order valence-electron chi connectivity index (χ4n) is 4.72. The minimum atomic E-state index is -0.563. The number of alkyl carbamates (subject to hydrolysis) is 1. The molecule has 0 saturated heterocycles. The molecule has 0 radical (unpaired) electrons. The highest BCUT2D eigenvalue weighted by molar-refractivity contribution is 5.79. The van der Waals surface area contributed by atoms with E-state index in [1.165, 1.54) is 0 Å². The number of hydrogen-bond donors (Lipinski definition) is 8. The second-order valence-electron chi connectivity index (χ2n) is 13.9. The molecule has 0 aliphatic carbocycles. The maximum Gasteiger partial charge on any atom is 0.407 e. The molecule has 0 aromatic carbocycles. The topological polar surface area (TPSA) is 281 Å². The molecule has 0 aromatic heterocycles. The highest BCUT2D eigenvalue weighted by Crippen LogP contribution is 2.06. The molecule has 0 rings (SSSR count). The zero-order chi connectivity index (χ0) is 43.8. The molecule has 0 saturated carbocycles. The highest BCUT2D eigenvalue weighted by Gasteiger charge is 2.16. The Labute approximate surface area is 350 Å². The van der Waals surface area contributed by atoms with Crippen LogP contribution >= 0.6 is 0 Å². The molecule has 22 heteroatoms. The molecule has 0 aliphatic rings. The van der Waals surface area contributed by atoms with Crippen molar-refractivity contribution in [3.05, 3.63) is 0 Å². The van der Waals surface area contributed by atoms with E-state index in [4.69, 9.17) is 44.6 Å². The van der Waals surface area contributed by atoms with Crippen LogP contribution in [-0.4, -0.2) is 223 Å². The van der Waals surface area contributed by atoms with Gasteiger partial charge in [0.2, 0.25) is 23.6 Å². The van der Waals surface area contributed by atoms with Gasteiger partial charge in [-0.1, -0.05) is 0 Å². The van der Waals surface area contributed by atoms with Gasteiger partial charge in [-0.25, -0.2) is 4.79 Å². The van der Waals surface area contributed by atoms with E-state index in [0.29, 0.717) is 151 Å². The lowest BCUT2D eigenvalue weighted by molar-refractivity contribution is -0.123. The fourth-order valence-corrected chi connectivity index (χ4v) is 4.72. The molecule has 5 amide bonds. The Kier molecular flexibility index (Phi) is 36.7. The van der Waals surface area contributed by atoms with Crippen molar-refractivity contribution in [2.24, 2.45) is 11.5 Å². The first-order chi connectivity index (χ1) is 28.4. The lowest BCUT2D eigenvalue weighted by Gasteiger charge is -2.27. The van der Waals surface area contributed by atoms with Crippen LogP contribution < -0.4 is 43.4 Å². The van der Waals surface area contributed by atoms with E-state index in [1.807, 2.05) is 16.7 Å². The average molecular weight is 853 g/mol. The summed E-state index contributed by atoms with van der Waals surface area (Å²) in [6, 6.07) is 0. The van der Waals surface area contributed by atoms with Crippen molar-refractivity contribution in [2.45, 2.75) is 33.3 Å². The molecule has 59 heavy (non-hydrogen) atoms. The predicted octanol–water partition coefficient (Wildman–Crippen LogP) is -3.79. The number of ether oxygens (including phenoxy) is 7. The normalized spacial score (nSPS) is 11.5. The minimum Gasteiger partial charge on any atom is -0.444 e. The summed E-state index contributed by atoms with van der Waals surface area (Å²) >= 11 is 0. The van der Waals surface area contributed by atoms with E-state index in [1.54, 1.807) is 20.8 Å². The second-order valence-corrected chi connectivity index (χ2v) is 13.9. The Bertz CT molecular complexity index is 1090. The molecule has 346 valence electrons. The summed E-state index contributed by atoms with van der Waals surface area (Å²) in [7, 11) is 0. The second kappa shape index (κ2) is 38.9. The van der Waals surface area contributed by atoms with Crippen LogP contribution in [0.4, 0.5) is 4.79 Å². The van der Waals surface area contributed by atoms with Crippen LogP contribution in [0.1, 0.15) is 27.7 Å². The van der Waals surface area contributed by atoms with Crippen LogP contribution in [0.15, 0.2) is 0 Å². The van der Waals surface area contributed by atoms with E-state index >= 15 is 0 Å². The molecule has 0 unspecified atom stereocenters. The predicted molar refractivity (Wildman–Crippen MR) is 221 cm³/mol. The van der Waals surface area contributed by atoms with E-state index in [-0.39, 0.29) is 43.9 Å². The lowest BCUT2D eigenvalue weighted by atomic mass is 10.2. The number of primary amides is 1. The Hall–Kier alpha value is -3.29.